The summed E-state index contributed by atoms with van der Waals surface area (Å²) in [7, 11) is 1.44. The Morgan fingerprint density at radius 1 is 0.923 bits per heavy atom. The Labute approximate surface area is 153 Å². The molecule has 0 unspecified atom stereocenters. The quantitative estimate of drug-likeness (QED) is 0.701. The first kappa shape index (κ1) is 20.0. The fourth-order valence-corrected chi connectivity index (χ4v) is 2.87. The molecule has 0 aliphatic rings. The van der Waals surface area contributed by atoms with Crippen molar-refractivity contribution in [1.29, 1.82) is 0 Å². The van der Waals surface area contributed by atoms with Gasteiger partial charge in [-0.25, -0.2) is 0 Å². The fourth-order valence-electron chi connectivity index (χ4n) is 2.87. The Bertz CT molecular complexity index is 674. The maximum atomic E-state index is 12.4. The zero-order chi connectivity index (χ0) is 18.9. The molecule has 0 aliphatic carbocycles. The molecular formula is C20H27F2N2O2+. The summed E-state index contributed by atoms with van der Waals surface area (Å²) in [4.78, 5) is 2.31. The zero-order valence-electron chi connectivity index (χ0n) is 15.5. The highest BCUT2D eigenvalue weighted by Gasteiger charge is 2.11. The second-order valence-corrected chi connectivity index (χ2v) is 5.90. The van der Waals surface area contributed by atoms with E-state index in [2.05, 4.69) is 53.1 Å². The zero-order valence-corrected chi connectivity index (χ0v) is 15.5. The first-order chi connectivity index (χ1) is 12.6. The maximum Gasteiger partial charge on any atom is 0.387 e. The van der Waals surface area contributed by atoms with E-state index in [9.17, 15) is 8.78 Å². The lowest BCUT2D eigenvalue weighted by atomic mass is 10.1. The average molecular weight is 365 g/mol. The van der Waals surface area contributed by atoms with E-state index in [-0.39, 0.29) is 5.75 Å². The minimum Gasteiger partial charge on any atom is -0.493 e. The summed E-state index contributed by atoms with van der Waals surface area (Å²) < 4.78 is 34.3. The molecule has 2 aromatic rings. The molecule has 0 aliphatic heterocycles. The lowest BCUT2D eigenvalue weighted by Crippen LogP contribution is -2.80. The standard InChI is InChI=1S/C20H26F2N2O2/c1-4-24(5-2)17-9-6-15(7-10-17)13-23-14-16-8-11-18(26-20(21)22)19(12-16)25-3/h6-12,20,23H,4-5,13-14H2,1-3H3/p+1. The second-order valence-electron chi connectivity index (χ2n) is 5.90. The molecule has 0 spiro atoms. The van der Waals surface area contributed by atoms with E-state index in [1.54, 1.807) is 12.1 Å². The van der Waals surface area contributed by atoms with Crippen LogP contribution in [0.25, 0.3) is 0 Å². The normalized spacial score (nSPS) is 10.8. The summed E-state index contributed by atoms with van der Waals surface area (Å²) in [6.07, 6.45) is 0. The number of ether oxygens (including phenoxy) is 2. The van der Waals surface area contributed by atoms with Crippen molar-refractivity contribution < 1.29 is 23.6 Å². The summed E-state index contributed by atoms with van der Waals surface area (Å²) in [6, 6.07) is 13.6. The molecule has 2 rings (SSSR count). The molecule has 6 heteroatoms. The molecule has 0 aromatic heterocycles. The molecule has 142 valence electrons. The number of anilines is 1. The van der Waals surface area contributed by atoms with Gasteiger partial charge in [-0.05, 0) is 44.2 Å². The Kier molecular flexibility index (Phi) is 7.66. The van der Waals surface area contributed by atoms with E-state index in [0.717, 1.165) is 31.7 Å². The van der Waals surface area contributed by atoms with Gasteiger partial charge in [-0.2, -0.15) is 8.78 Å². The van der Waals surface area contributed by atoms with Gasteiger partial charge in [-0.3, -0.25) is 0 Å². The van der Waals surface area contributed by atoms with Crippen LogP contribution in [0, 0.1) is 0 Å². The van der Waals surface area contributed by atoms with Gasteiger partial charge in [0.25, 0.3) is 0 Å². The minimum atomic E-state index is -2.86. The monoisotopic (exact) mass is 365 g/mol. The van der Waals surface area contributed by atoms with E-state index < -0.39 is 6.61 Å². The SMILES string of the molecule is CCN(CC)c1ccc(C[NH2+]Cc2ccc(OC(F)F)c(OC)c2)cc1. The van der Waals surface area contributed by atoms with Gasteiger partial charge in [0, 0.05) is 29.9 Å². The van der Waals surface area contributed by atoms with Crippen molar-refractivity contribution in [3.63, 3.8) is 0 Å². The van der Waals surface area contributed by atoms with Crippen molar-refractivity contribution >= 4 is 5.69 Å². The Morgan fingerprint density at radius 2 is 1.54 bits per heavy atom. The summed E-state index contributed by atoms with van der Waals surface area (Å²) in [5, 5.41) is 2.16. The van der Waals surface area contributed by atoms with Gasteiger partial charge in [-0.15, -0.1) is 0 Å². The van der Waals surface area contributed by atoms with Crippen LogP contribution in [-0.4, -0.2) is 26.8 Å². The molecule has 0 radical (unpaired) electrons. The van der Waals surface area contributed by atoms with Crippen LogP contribution in [0.15, 0.2) is 42.5 Å². The highest BCUT2D eigenvalue weighted by Crippen LogP contribution is 2.29. The van der Waals surface area contributed by atoms with Crippen molar-refractivity contribution in [3.05, 3.63) is 53.6 Å². The molecule has 26 heavy (non-hydrogen) atoms. The maximum absolute atomic E-state index is 12.4. The fraction of sp³-hybridized carbons (Fsp3) is 0.400. The number of hydrogen-bond acceptors (Lipinski definition) is 3. The third-order valence-electron chi connectivity index (χ3n) is 4.27. The van der Waals surface area contributed by atoms with Crippen LogP contribution in [0.5, 0.6) is 11.5 Å². The molecule has 0 heterocycles. The van der Waals surface area contributed by atoms with Crippen LogP contribution >= 0.6 is 0 Å². The molecule has 0 saturated heterocycles. The molecule has 0 saturated carbocycles. The lowest BCUT2D eigenvalue weighted by molar-refractivity contribution is -0.686. The number of methoxy groups -OCH3 is 1. The summed E-state index contributed by atoms with van der Waals surface area (Å²) in [5.41, 5.74) is 3.46. The van der Waals surface area contributed by atoms with Crippen LogP contribution in [0.2, 0.25) is 0 Å². The average Bonchev–Trinajstić information content (AvgIpc) is 2.64. The van der Waals surface area contributed by atoms with Crippen LogP contribution in [0.1, 0.15) is 25.0 Å². The second kappa shape index (κ2) is 9.97. The van der Waals surface area contributed by atoms with Gasteiger partial charge in [-0.1, -0.05) is 12.1 Å². The van der Waals surface area contributed by atoms with Crippen molar-refractivity contribution in [1.82, 2.24) is 0 Å². The third kappa shape index (κ3) is 5.59. The van der Waals surface area contributed by atoms with Crippen LogP contribution in [-0.2, 0) is 13.1 Å². The van der Waals surface area contributed by atoms with Crippen LogP contribution in [0.3, 0.4) is 0 Å². The van der Waals surface area contributed by atoms with Crippen LogP contribution in [0.4, 0.5) is 14.5 Å². The van der Waals surface area contributed by atoms with Crippen molar-refractivity contribution in [3.8, 4) is 11.5 Å². The smallest absolute Gasteiger partial charge is 0.387 e. The van der Waals surface area contributed by atoms with Gasteiger partial charge >= 0.3 is 6.61 Å². The number of nitrogens with two attached hydrogens (primary N) is 1. The number of halogens is 2. The summed E-state index contributed by atoms with van der Waals surface area (Å²) >= 11 is 0. The number of rotatable bonds is 10. The van der Waals surface area contributed by atoms with E-state index >= 15 is 0 Å². The molecule has 4 nitrogen and oxygen atoms in total. The molecule has 0 atom stereocenters. The number of nitrogens with zero attached hydrogens (tertiary/aromatic N) is 1. The van der Waals surface area contributed by atoms with Crippen LogP contribution < -0.4 is 19.7 Å². The van der Waals surface area contributed by atoms with Gasteiger partial charge in [0.2, 0.25) is 0 Å². The molecule has 0 fully saturated rings. The molecule has 0 amide bonds. The molecule has 2 N–H and O–H groups in total. The van der Waals surface area contributed by atoms with Crippen molar-refractivity contribution in [2.24, 2.45) is 0 Å². The predicted octanol–water partition coefficient (Wildman–Crippen LogP) is 3.41. The molecule has 2 aromatic carbocycles. The largest absolute Gasteiger partial charge is 0.493 e. The number of hydrogen-bond donors (Lipinski definition) is 1. The Balaban J connectivity index is 1.91. The topological polar surface area (TPSA) is 38.3 Å². The Morgan fingerprint density at radius 3 is 2.12 bits per heavy atom. The van der Waals surface area contributed by atoms with E-state index in [4.69, 9.17) is 4.74 Å². The molecule has 0 bridgehead atoms. The van der Waals surface area contributed by atoms with Crippen molar-refractivity contribution in [2.45, 2.75) is 33.5 Å². The number of alkyl halides is 2. The van der Waals surface area contributed by atoms with Gasteiger partial charge in [0.05, 0.1) is 7.11 Å². The number of quaternary nitrogens is 1. The van der Waals surface area contributed by atoms with Gasteiger partial charge in [0.1, 0.15) is 13.1 Å². The first-order valence-electron chi connectivity index (χ1n) is 8.84. The minimum absolute atomic E-state index is 0.0539. The van der Waals surface area contributed by atoms with E-state index in [1.165, 1.54) is 24.4 Å². The van der Waals surface area contributed by atoms with E-state index in [1.807, 2.05) is 0 Å². The van der Waals surface area contributed by atoms with Gasteiger partial charge < -0.3 is 19.7 Å². The van der Waals surface area contributed by atoms with E-state index in [0.29, 0.717) is 5.75 Å². The molecular weight excluding hydrogens is 338 g/mol. The highest BCUT2D eigenvalue weighted by molar-refractivity contribution is 5.47. The summed E-state index contributed by atoms with van der Waals surface area (Å²) in [6.45, 7) is 5.00. The first-order valence-corrected chi connectivity index (χ1v) is 8.84. The third-order valence-corrected chi connectivity index (χ3v) is 4.27. The van der Waals surface area contributed by atoms with Crippen molar-refractivity contribution in [2.75, 3.05) is 25.1 Å². The summed E-state index contributed by atoms with van der Waals surface area (Å²) in [5.74, 6) is 0.373. The highest BCUT2D eigenvalue weighted by atomic mass is 19.3. The lowest BCUT2D eigenvalue weighted by Gasteiger charge is -2.21. The van der Waals surface area contributed by atoms with Gasteiger partial charge in [0.15, 0.2) is 11.5 Å². The Hall–Kier alpha value is -2.34. The predicted molar refractivity (Wildman–Crippen MR) is 99.0 cm³/mol. The number of benzene rings is 2.